The number of nitrogens with one attached hydrogen (secondary N) is 1. The molecule has 4 rings (SSSR count). The van der Waals surface area contributed by atoms with Gasteiger partial charge in [-0.3, -0.25) is 0 Å². The Kier molecular flexibility index (Phi) is 6.05. The fraction of sp³-hybridized carbons (Fsp3) is 0.217. The standard InChI is InChI=1S/C23H21N5O2S/c1-3-30-21(29)19-15(2)25-22-26-23(31-14-17-7-5-4-6-8-17)27-28(22)20(19)18-11-9-16(13-24)10-12-18/h4-12,20H,3,14H2,1-2H3,(H,25,26,27)/t20-/m1/s1. The third-order valence-corrected chi connectivity index (χ3v) is 5.80. The second-order valence-corrected chi connectivity index (χ2v) is 7.90. The van der Waals surface area contributed by atoms with Crippen LogP contribution in [0.4, 0.5) is 5.95 Å². The van der Waals surface area contributed by atoms with Gasteiger partial charge < -0.3 is 10.1 Å². The fourth-order valence-corrected chi connectivity index (χ4v) is 4.22. The molecule has 2 aromatic carbocycles. The molecule has 0 saturated heterocycles. The molecule has 2 heterocycles. The maximum Gasteiger partial charge on any atom is 0.338 e. The van der Waals surface area contributed by atoms with Gasteiger partial charge in [0.15, 0.2) is 0 Å². The number of nitrogens with zero attached hydrogens (tertiary/aromatic N) is 4. The van der Waals surface area contributed by atoms with Gasteiger partial charge in [-0.1, -0.05) is 54.2 Å². The predicted molar refractivity (Wildman–Crippen MR) is 118 cm³/mol. The molecule has 0 aliphatic carbocycles. The number of anilines is 1. The molecule has 156 valence electrons. The summed E-state index contributed by atoms with van der Waals surface area (Å²) < 4.78 is 7.04. The van der Waals surface area contributed by atoms with E-state index in [1.807, 2.05) is 37.3 Å². The van der Waals surface area contributed by atoms with E-state index in [9.17, 15) is 4.79 Å². The van der Waals surface area contributed by atoms with Crippen molar-refractivity contribution < 1.29 is 9.53 Å². The summed E-state index contributed by atoms with van der Waals surface area (Å²) in [5.41, 5.74) is 3.71. The third-order valence-electron chi connectivity index (χ3n) is 4.89. The van der Waals surface area contributed by atoms with E-state index in [1.54, 1.807) is 23.7 Å². The van der Waals surface area contributed by atoms with Crippen molar-refractivity contribution >= 4 is 23.7 Å². The van der Waals surface area contributed by atoms with Crippen molar-refractivity contribution in [2.75, 3.05) is 11.9 Å². The van der Waals surface area contributed by atoms with Crippen molar-refractivity contribution in [1.82, 2.24) is 14.8 Å². The van der Waals surface area contributed by atoms with Gasteiger partial charge in [0.25, 0.3) is 0 Å². The summed E-state index contributed by atoms with van der Waals surface area (Å²) in [5, 5.41) is 17.6. The van der Waals surface area contributed by atoms with Gasteiger partial charge in [-0.25, -0.2) is 9.48 Å². The van der Waals surface area contributed by atoms with Crippen LogP contribution in [0.25, 0.3) is 0 Å². The van der Waals surface area contributed by atoms with Crippen LogP contribution in [0, 0.1) is 11.3 Å². The number of aromatic nitrogens is 3. The third kappa shape index (κ3) is 4.32. The zero-order chi connectivity index (χ0) is 21.8. The lowest BCUT2D eigenvalue weighted by molar-refractivity contribution is -0.139. The lowest BCUT2D eigenvalue weighted by atomic mass is 9.95. The van der Waals surface area contributed by atoms with Gasteiger partial charge in [0.2, 0.25) is 11.1 Å². The van der Waals surface area contributed by atoms with E-state index in [0.29, 0.717) is 27.9 Å². The molecule has 1 N–H and O–H groups in total. The van der Waals surface area contributed by atoms with Crippen LogP contribution in [-0.2, 0) is 15.3 Å². The van der Waals surface area contributed by atoms with Crippen molar-refractivity contribution in [3.63, 3.8) is 0 Å². The van der Waals surface area contributed by atoms with E-state index in [0.717, 1.165) is 11.3 Å². The smallest absolute Gasteiger partial charge is 0.338 e. The minimum atomic E-state index is -0.499. The normalized spacial score (nSPS) is 15.1. The van der Waals surface area contributed by atoms with E-state index < -0.39 is 12.0 Å². The van der Waals surface area contributed by atoms with E-state index in [-0.39, 0.29) is 6.61 Å². The molecule has 1 aromatic heterocycles. The minimum Gasteiger partial charge on any atom is -0.463 e. The molecule has 1 atom stereocenters. The van der Waals surface area contributed by atoms with Crippen molar-refractivity contribution in [1.29, 1.82) is 5.26 Å². The molecular formula is C23H21N5O2S. The van der Waals surface area contributed by atoms with Crippen LogP contribution < -0.4 is 5.32 Å². The van der Waals surface area contributed by atoms with Gasteiger partial charge in [-0.15, -0.1) is 5.10 Å². The highest BCUT2D eigenvalue weighted by molar-refractivity contribution is 7.98. The average Bonchev–Trinajstić information content (AvgIpc) is 3.20. The first-order chi connectivity index (χ1) is 15.1. The number of allylic oxidation sites excluding steroid dienone is 1. The molecule has 1 aliphatic heterocycles. The summed E-state index contributed by atoms with van der Waals surface area (Å²) in [6, 6.07) is 18.9. The summed E-state index contributed by atoms with van der Waals surface area (Å²) in [7, 11) is 0. The molecule has 7 nitrogen and oxygen atoms in total. The van der Waals surface area contributed by atoms with Crippen LogP contribution in [-0.4, -0.2) is 27.3 Å². The van der Waals surface area contributed by atoms with Crippen LogP contribution in [0.5, 0.6) is 0 Å². The highest BCUT2D eigenvalue weighted by Gasteiger charge is 2.35. The lowest BCUT2D eigenvalue weighted by Gasteiger charge is -2.28. The monoisotopic (exact) mass is 431 g/mol. The van der Waals surface area contributed by atoms with Gasteiger partial charge in [0.1, 0.15) is 6.04 Å². The van der Waals surface area contributed by atoms with Gasteiger partial charge >= 0.3 is 5.97 Å². The van der Waals surface area contributed by atoms with Crippen LogP contribution in [0.1, 0.15) is 36.6 Å². The average molecular weight is 432 g/mol. The lowest BCUT2D eigenvalue weighted by Crippen LogP contribution is -2.29. The molecule has 0 fully saturated rings. The number of carbonyl (C=O) groups is 1. The van der Waals surface area contributed by atoms with E-state index in [1.165, 1.54) is 17.3 Å². The largest absolute Gasteiger partial charge is 0.463 e. The van der Waals surface area contributed by atoms with E-state index in [4.69, 9.17) is 15.1 Å². The molecule has 8 heteroatoms. The summed E-state index contributed by atoms with van der Waals surface area (Å²) in [6.45, 7) is 3.88. The molecule has 31 heavy (non-hydrogen) atoms. The van der Waals surface area contributed by atoms with Crippen molar-refractivity contribution in [2.45, 2.75) is 30.8 Å². The number of thioether (sulfide) groups is 1. The number of hydrogen-bond acceptors (Lipinski definition) is 7. The molecule has 0 spiro atoms. The van der Waals surface area contributed by atoms with Crippen LogP contribution in [0.3, 0.4) is 0 Å². The Hall–Kier alpha value is -3.57. The SMILES string of the molecule is CCOC(=O)C1=C(C)Nc2nc(SCc3ccccc3)nn2[C@@H]1c1ccc(C#N)cc1. The fourth-order valence-electron chi connectivity index (χ4n) is 3.44. The number of esters is 1. The second kappa shape index (κ2) is 9.06. The zero-order valence-electron chi connectivity index (χ0n) is 17.2. The first-order valence-electron chi connectivity index (χ1n) is 9.89. The van der Waals surface area contributed by atoms with E-state index >= 15 is 0 Å². The number of nitriles is 1. The molecule has 0 unspecified atom stereocenters. The predicted octanol–water partition coefficient (Wildman–Crippen LogP) is 4.29. The second-order valence-electron chi connectivity index (χ2n) is 6.96. The van der Waals surface area contributed by atoms with Gasteiger partial charge in [0.05, 0.1) is 23.8 Å². The Bertz CT molecular complexity index is 1160. The Morgan fingerprint density at radius 2 is 1.97 bits per heavy atom. The van der Waals surface area contributed by atoms with E-state index in [2.05, 4.69) is 28.5 Å². The quantitative estimate of drug-likeness (QED) is 0.460. The number of hydrogen-bond donors (Lipinski definition) is 1. The van der Waals surface area contributed by atoms with Crippen molar-refractivity contribution in [3.05, 3.63) is 82.6 Å². The summed E-state index contributed by atoms with van der Waals surface area (Å²) in [5.74, 6) is 0.903. The number of carbonyl (C=O) groups excluding carboxylic acids is 1. The minimum absolute atomic E-state index is 0.276. The first-order valence-corrected chi connectivity index (χ1v) is 10.9. The number of ether oxygens (including phenoxy) is 1. The summed E-state index contributed by atoms with van der Waals surface area (Å²) >= 11 is 1.53. The number of fused-ring (bicyclic) bond motifs is 1. The first kappa shape index (κ1) is 20.7. The van der Waals surface area contributed by atoms with Crippen molar-refractivity contribution in [2.24, 2.45) is 0 Å². The number of benzene rings is 2. The Morgan fingerprint density at radius 1 is 1.23 bits per heavy atom. The maximum absolute atomic E-state index is 12.8. The molecule has 1 aliphatic rings. The maximum atomic E-state index is 12.8. The molecule has 0 radical (unpaired) electrons. The molecule has 0 saturated carbocycles. The highest BCUT2D eigenvalue weighted by Crippen LogP contribution is 2.37. The van der Waals surface area contributed by atoms with Crippen LogP contribution in [0.15, 0.2) is 71.0 Å². The number of rotatable bonds is 6. The van der Waals surface area contributed by atoms with Crippen LogP contribution >= 0.6 is 11.8 Å². The molecule has 0 bridgehead atoms. The Labute approximate surface area is 184 Å². The van der Waals surface area contributed by atoms with Crippen LogP contribution in [0.2, 0.25) is 0 Å². The zero-order valence-corrected chi connectivity index (χ0v) is 18.0. The van der Waals surface area contributed by atoms with Gasteiger partial charge in [-0.05, 0) is 37.1 Å². The summed E-state index contributed by atoms with van der Waals surface area (Å²) in [6.07, 6.45) is 0. The topological polar surface area (TPSA) is 92.8 Å². The van der Waals surface area contributed by atoms with Gasteiger partial charge in [0, 0.05) is 11.4 Å². The molecular weight excluding hydrogens is 410 g/mol. The Morgan fingerprint density at radius 3 is 2.65 bits per heavy atom. The van der Waals surface area contributed by atoms with Gasteiger partial charge in [-0.2, -0.15) is 10.2 Å². The molecule has 0 amide bonds. The van der Waals surface area contributed by atoms with Crippen molar-refractivity contribution in [3.8, 4) is 6.07 Å². The molecule has 3 aromatic rings. The summed E-state index contributed by atoms with van der Waals surface area (Å²) in [4.78, 5) is 17.4. The highest BCUT2D eigenvalue weighted by atomic mass is 32.2. The Balaban J connectivity index is 1.71.